The van der Waals surface area contributed by atoms with Gasteiger partial charge in [-0.05, 0) is 91.2 Å². The summed E-state index contributed by atoms with van der Waals surface area (Å²) in [5, 5.41) is 2.69. The van der Waals surface area contributed by atoms with Crippen molar-refractivity contribution in [3.63, 3.8) is 0 Å². The zero-order chi connectivity index (χ0) is 26.4. The van der Waals surface area contributed by atoms with Crippen LogP contribution in [0.3, 0.4) is 0 Å². The van der Waals surface area contributed by atoms with E-state index in [9.17, 15) is 0 Å². The van der Waals surface area contributed by atoms with Crippen LogP contribution in [0, 0.1) is 5.92 Å². The molecule has 1 aromatic heterocycles. The normalized spacial score (nSPS) is 18.1. The lowest BCUT2D eigenvalue weighted by molar-refractivity contribution is 0.865. The van der Waals surface area contributed by atoms with Gasteiger partial charge in [-0.25, -0.2) is 4.98 Å². The minimum absolute atomic E-state index is 0.252. The zero-order valence-corrected chi connectivity index (χ0v) is 22.2. The Bertz CT molecular complexity index is 2130. The molecule has 0 amide bonds. The fourth-order valence-electron chi connectivity index (χ4n) is 7.22. The van der Waals surface area contributed by atoms with E-state index >= 15 is 0 Å². The van der Waals surface area contributed by atoms with E-state index in [2.05, 4.69) is 133 Å². The van der Waals surface area contributed by atoms with E-state index in [-0.39, 0.29) is 5.92 Å². The number of allylic oxidation sites excluding steroid dienone is 12. The van der Waals surface area contributed by atoms with E-state index < -0.39 is 0 Å². The summed E-state index contributed by atoms with van der Waals surface area (Å²) in [4.78, 5) is 4.93. The summed E-state index contributed by atoms with van der Waals surface area (Å²) in [6, 6.07) is 28.8. The number of fused-ring (bicyclic) bond motifs is 4. The van der Waals surface area contributed by atoms with Crippen LogP contribution in [-0.2, 0) is 6.42 Å². The molecule has 40 heavy (non-hydrogen) atoms. The van der Waals surface area contributed by atoms with Crippen LogP contribution in [0.25, 0.3) is 55.3 Å². The fraction of sp³-hybridized carbons (Fsp3) is 0.0789. The topological polar surface area (TPSA) is 17.8 Å². The summed E-state index contributed by atoms with van der Waals surface area (Å²) in [6.07, 6.45) is 17.1. The average Bonchev–Trinajstić information content (AvgIpc) is 3.54. The molecule has 0 aliphatic heterocycles. The van der Waals surface area contributed by atoms with E-state index in [1.165, 1.54) is 72.1 Å². The molecule has 4 aromatic carbocycles. The van der Waals surface area contributed by atoms with Crippen molar-refractivity contribution in [2.45, 2.75) is 13.3 Å². The van der Waals surface area contributed by atoms with Crippen LogP contribution in [0.2, 0.25) is 0 Å². The van der Waals surface area contributed by atoms with Gasteiger partial charge < -0.3 is 0 Å². The molecule has 0 radical (unpaired) electrons. The van der Waals surface area contributed by atoms with Crippen LogP contribution < -0.4 is 0 Å². The van der Waals surface area contributed by atoms with Gasteiger partial charge in [0.1, 0.15) is 5.82 Å². The Morgan fingerprint density at radius 1 is 0.750 bits per heavy atom. The number of para-hydroxylation sites is 2. The van der Waals surface area contributed by atoms with Gasteiger partial charge in [0, 0.05) is 18.0 Å². The highest BCUT2D eigenvalue weighted by Gasteiger charge is 2.31. The molecular formula is C38H26N2. The lowest BCUT2D eigenvalue weighted by Gasteiger charge is -2.33. The Labute approximate surface area is 233 Å². The highest BCUT2D eigenvalue weighted by Crippen LogP contribution is 2.50. The molecule has 5 aromatic rings. The second kappa shape index (κ2) is 8.03. The Morgan fingerprint density at radius 2 is 1.60 bits per heavy atom. The molecule has 4 aliphatic rings. The Hall–Kier alpha value is -4.95. The lowest BCUT2D eigenvalue weighted by atomic mass is 9.72. The molecule has 0 fully saturated rings. The van der Waals surface area contributed by atoms with Crippen LogP contribution >= 0.6 is 0 Å². The summed E-state index contributed by atoms with van der Waals surface area (Å²) < 4.78 is 2.34. The highest BCUT2D eigenvalue weighted by molar-refractivity contribution is 6.15. The third-order valence-electron chi connectivity index (χ3n) is 8.94. The van der Waals surface area contributed by atoms with E-state index in [0.717, 1.165) is 17.8 Å². The van der Waals surface area contributed by atoms with Crippen molar-refractivity contribution in [2.75, 3.05) is 0 Å². The molecule has 0 bridgehead atoms. The van der Waals surface area contributed by atoms with E-state index in [1.807, 2.05) is 0 Å². The smallest absolute Gasteiger partial charge is 0.114 e. The number of hydrogen-bond acceptors (Lipinski definition) is 1. The molecule has 0 N–H and O–H groups in total. The summed E-state index contributed by atoms with van der Waals surface area (Å²) in [7, 11) is 0. The third kappa shape index (κ3) is 2.91. The predicted octanol–water partition coefficient (Wildman–Crippen LogP) is 9.32. The summed E-state index contributed by atoms with van der Waals surface area (Å²) in [6.45, 7) is 2.18. The van der Waals surface area contributed by atoms with Crippen LogP contribution in [0.4, 0.5) is 0 Å². The number of rotatable bonds is 3. The maximum atomic E-state index is 4.93. The van der Waals surface area contributed by atoms with Crippen molar-refractivity contribution in [1.29, 1.82) is 0 Å². The van der Waals surface area contributed by atoms with Crippen molar-refractivity contribution in [3.8, 4) is 22.3 Å². The quantitative estimate of drug-likeness (QED) is 0.232. The van der Waals surface area contributed by atoms with Crippen molar-refractivity contribution in [2.24, 2.45) is 5.92 Å². The van der Waals surface area contributed by atoms with Crippen molar-refractivity contribution >= 4 is 33.1 Å². The number of nitrogens with zero attached hydrogens (tertiary/aromatic N) is 2. The van der Waals surface area contributed by atoms with Crippen LogP contribution in [0.15, 0.2) is 138 Å². The van der Waals surface area contributed by atoms with Crippen molar-refractivity contribution < 1.29 is 0 Å². The summed E-state index contributed by atoms with van der Waals surface area (Å²) in [5.74, 6) is 1.35. The lowest BCUT2D eigenvalue weighted by Crippen LogP contribution is -2.19. The largest absolute Gasteiger partial charge is 0.296 e. The van der Waals surface area contributed by atoms with Crippen LogP contribution in [-0.4, -0.2) is 9.55 Å². The van der Waals surface area contributed by atoms with Gasteiger partial charge in [-0.15, -0.1) is 0 Å². The van der Waals surface area contributed by atoms with Crippen molar-refractivity contribution in [3.05, 3.63) is 150 Å². The van der Waals surface area contributed by atoms with Gasteiger partial charge in [-0.2, -0.15) is 0 Å². The molecule has 2 nitrogen and oxygen atoms in total. The molecule has 1 unspecified atom stereocenters. The molecule has 0 saturated heterocycles. The van der Waals surface area contributed by atoms with Crippen molar-refractivity contribution in [1.82, 2.24) is 9.55 Å². The second-order valence-electron chi connectivity index (χ2n) is 11.1. The molecular weight excluding hydrogens is 484 g/mol. The minimum atomic E-state index is 0.252. The van der Waals surface area contributed by atoms with Crippen LogP contribution in [0.5, 0.6) is 0 Å². The second-order valence-corrected chi connectivity index (χ2v) is 11.1. The number of hydrogen-bond donors (Lipinski definition) is 0. The molecule has 0 spiro atoms. The van der Waals surface area contributed by atoms with E-state index in [4.69, 9.17) is 4.98 Å². The molecule has 188 valence electrons. The standard InChI is InChI=1S/C38H26N2/c1-2-36-39-34-14-3-4-15-35(34)40(36)27-20-25-10-7-11-30-28(18-17-26(21-27)37(25)30)24-16-19-29-31-12-5-8-23-9-6-13-32(38(23)31)33(29)22-24/h3-22,37H,2H2,1H3. The number of aromatic nitrogens is 2. The first kappa shape index (κ1) is 21.9. The van der Waals surface area contributed by atoms with Crippen LogP contribution in [0.1, 0.15) is 18.3 Å². The SMILES string of the molecule is CCc1nc2ccccc2n1C1=CC2=CC=CC3=C(c4ccc5c(c4)-c4cccc6cccc-5c46)C=CC(=C1)C23. The fourth-order valence-corrected chi connectivity index (χ4v) is 7.22. The van der Waals surface area contributed by atoms with E-state index in [1.54, 1.807) is 0 Å². The van der Waals surface area contributed by atoms with Gasteiger partial charge in [-0.3, -0.25) is 4.57 Å². The highest BCUT2D eigenvalue weighted by atomic mass is 15.1. The molecule has 1 atom stereocenters. The third-order valence-corrected chi connectivity index (χ3v) is 8.94. The first-order valence-corrected chi connectivity index (χ1v) is 14.2. The summed E-state index contributed by atoms with van der Waals surface area (Å²) >= 11 is 0. The maximum Gasteiger partial charge on any atom is 0.114 e. The Morgan fingerprint density at radius 3 is 2.48 bits per heavy atom. The number of aryl methyl sites for hydroxylation is 1. The number of imidazole rings is 1. The molecule has 1 heterocycles. The zero-order valence-electron chi connectivity index (χ0n) is 22.2. The molecule has 0 saturated carbocycles. The van der Waals surface area contributed by atoms with Gasteiger partial charge in [0.05, 0.1) is 11.0 Å². The first-order valence-electron chi connectivity index (χ1n) is 14.2. The minimum Gasteiger partial charge on any atom is -0.296 e. The van der Waals surface area contributed by atoms with Gasteiger partial charge in [0.25, 0.3) is 0 Å². The Kier molecular flexibility index (Phi) is 4.40. The summed E-state index contributed by atoms with van der Waals surface area (Å²) in [5.41, 5.74) is 15.4. The molecule has 4 aliphatic carbocycles. The molecule has 9 rings (SSSR count). The molecule has 2 heteroatoms. The van der Waals surface area contributed by atoms with Gasteiger partial charge in [-0.1, -0.05) is 98.0 Å². The monoisotopic (exact) mass is 510 g/mol. The average molecular weight is 511 g/mol. The Balaban J connectivity index is 1.17. The first-order chi connectivity index (χ1) is 19.8. The maximum absolute atomic E-state index is 4.93. The van der Waals surface area contributed by atoms with Gasteiger partial charge in [0.15, 0.2) is 0 Å². The van der Waals surface area contributed by atoms with Gasteiger partial charge in [0.2, 0.25) is 0 Å². The predicted molar refractivity (Wildman–Crippen MR) is 167 cm³/mol. The van der Waals surface area contributed by atoms with Gasteiger partial charge >= 0.3 is 0 Å². The number of benzene rings is 4. The van der Waals surface area contributed by atoms with E-state index in [0.29, 0.717) is 0 Å².